The summed E-state index contributed by atoms with van der Waals surface area (Å²) in [6, 6.07) is 14.1. The Kier molecular flexibility index (Phi) is 6.48. The maximum Gasteiger partial charge on any atom is 0.138 e. The quantitative estimate of drug-likeness (QED) is 0.428. The van der Waals surface area contributed by atoms with Gasteiger partial charge in [-0.15, -0.1) is 0 Å². The van der Waals surface area contributed by atoms with Crippen LogP contribution in [-0.4, -0.2) is 27.8 Å². The van der Waals surface area contributed by atoms with Gasteiger partial charge in [-0.3, -0.25) is 10.1 Å². The van der Waals surface area contributed by atoms with Crippen molar-refractivity contribution in [1.82, 2.24) is 15.2 Å². The molecule has 0 bridgehead atoms. The zero-order valence-electron chi connectivity index (χ0n) is 18.1. The third-order valence-electron chi connectivity index (χ3n) is 5.00. The number of rotatable bonds is 6. The number of H-pyrrole nitrogens is 1. The number of pyridine rings is 1. The van der Waals surface area contributed by atoms with Crippen molar-refractivity contribution in [2.75, 3.05) is 6.61 Å². The lowest BCUT2D eigenvalue weighted by Gasteiger charge is -2.15. The molecular weight excluding hydrogens is 403 g/mol. The van der Waals surface area contributed by atoms with Gasteiger partial charge < -0.3 is 10.5 Å². The van der Waals surface area contributed by atoms with Crippen LogP contribution < -0.4 is 10.5 Å². The molecule has 4 aromatic rings. The van der Waals surface area contributed by atoms with E-state index in [-0.39, 0.29) is 11.9 Å². The van der Waals surface area contributed by atoms with Crippen LogP contribution in [-0.2, 0) is 0 Å². The molecule has 0 amide bonds. The minimum absolute atomic E-state index is 0.0137. The average molecular weight is 429 g/mol. The third-order valence-corrected chi connectivity index (χ3v) is 5.00. The first-order valence-corrected chi connectivity index (χ1v) is 10.6. The predicted molar refractivity (Wildman–Crippen MR) is 125 cm³/mol. The van der Waals surface area contributed by atoms with Gasteiger partial charge in [-0.1, -0.05) is 31.9 Å². The SMILES string of the molecule is CC(C)C[C@H](N)COc1cncc(-c2ccc3n[nH]c(C#Cc4cccc(F)c4)c3c2)c1. The number of nitrogens with zero attached hydrogens (tertiary/aromatic N) is 2. The fraction of sp³-hybridized carbons (Fsp3) is 0.231. The molecule has 0 radical (unpaired) electrons. The number of ether oxygens (including phenoxy) is 1. The van der Waals surface area contributed by atoms with Gasteiger partial charge in [0.25, 0.3) is 0 Å². The fourth-order valence-electron chi connectivity index (χ4n) is 3.52. The second-order valence-corrected chi connectivity index (χ2v) is 8.20. The molecule has 2 aromatic carbocycles. The molecule has 0 saturated heterocycles. The summed E-state index contributed by atoms with van der Waals surface area (Å²) < 4.78 is 19.3. The molecule has 4 rings (SSSR count). The van der Waals surface area contributed by atoms with Crippen molar-refractivity contribution in [2.45, 2.75) is 26.3 Å². The third kappa shape index (κ3) is 5.32. The number of aromatic nitrogens is 3. The van der Waals surface area contributed by atoms with E-state index in [1.807, 2.05) is 24.3 Å². The van der Waals surface area contributed by atoms with Gasteiger partial charge in [0.1, 0.15) is 23.9 Å². The molecule has 2 aromatic heterocycles. The summed E-state index contributed by atoms with van der Waals surface area (Å²) in [4.78, 5) is 4.32. The molecule has 0 fully saturated rings. The normalized spacial score (nSPS) is 11.9. The van der Waals surface area contributed by atoms with Crippen LogP contribution in [0.4, 0.5) is 4.39 Å². The monoisotopic (exact) mass is 428 g/mol. The van der Waals surface area contributed by atoms with Gasteiger partial charge in [-0.2, -0.15) is 5.10 Å². The van der Waals surface area contributed by atoms with Crippen molar-refractivity contribution in [3.63, 3.8) is 0 Å². The Morgan fingerprint density at radius 2 is 1.94 bits per heavy atom. The van der Waals surface area contributed by atoms with Crippen molar-refractivity contribution in [1.29, 1.82) is 0 Å². The van der Waals surface area contributed by atoms with E-state index in [1.54, 1.807) is 24.5 Å². The standard InChI is InChI=1S/C26H25FN4O/c1-17(2)10-22(28)16-32-23-12-20(14-29-15-23)19-7-9-26-24(13-19)25(30-31-26)8-6-18-4-3-5-21(27)11-18/h3-5,7,9,11-15,17,22H,10,16,28H2,1-2H3,(H,30,31)/t22-/m0/s1. The highest BCUT2D eigenvalue weighted by Gasteiger charge is 2.09. The van der Waals surface area contributed by atoms with Crippen LogP contribution in [0.1, 0.15) is 31.5 Å². The molecular formula is C26H25FN4O. The van der Waals surface area contributed by atoms with Crippen molar-refractivity contribution >= 4 is 10.9 Å². The Bertz CT molecular complexity index is 1290. The Hall–Kier alpha value is -3.69. The number of fused-ring (bicyclic) bond motifs is 1. The van der Waals surface area contributed by atoms with E-state index in [9.17, 15) is 4.39 Å². The number of hydrogen-bond acceptors (Lipinski definition) is 4. The molecule has 1 atom stereocenters. The largest absolute Gasteiger partial charge is 0.490 e. The highest BCUT2D eigenvalue weighted by molar-refractivity contribution is 5.88. The first-order chi connectivity index (χ1) is 15.5. The Labute approximate surface area is 186 Å². The molecule has 0 aliphatic carbocycles. The van der Waals surface area contributed by atoms with Crippen LogP contribution >= 0.6 is 0 Å². The molecule has 5 nitrogen and oxygen atoms in total. The van der Waals surface area contributed by atoms with Gasteiger partial charge in [0.05, 0.1) is 11.7 Å². The Balaban J connectivity index is 1.57. The lowest BCUT2D eigenvalue weighted by molar-refractivity contribution is 0.270. The number of nitrogens with two attached hydrogens (primary N) is 1. The zero-order chi connectivity index (χ0) is 22.5. The highest BCUT2D eigenvalue weighted by atomic mass is 19.1. The average Bonchev–Trinajstić information content (AvgIpc) is 3.18. The topological polar surface area (TPSA) is 76.8 Å². The lowest BCUT2D eigenvalue weighted by Crippen LogP contribution is -2.29. The molecule has 32 heavy (non-hydrogen) atoms. The fourth-order valence-corrected chi connectivity index (χ4v) is 3.52. The summed E-state index contributed by atoms with van der Waals surface area (Å²) in [6.07, 6.45) is 4.39. The van der Waals surface area contributed by atoms with Crippen molar-refractivity contribution in [3.8, 4) is 28.7 Å². The van der Waals surface area contributed by atoms with E-state index in [0.29, 0.717) is 29.5 Å². The maximum atomic E-state index is 13.4. The summed E-state index contributed by atoms with van der Waals surface area (Å²) >= 11 is 0. The van der Waals surface area contributed by atoms with E-state index >= 15 is 0 Å². The zero-order valence-corrected chi connectivity index (χ0v) is 18.1. The van der Waals surface area contributed by atoms with Crippen LogP contribution in [0.2, 0.25) is 0 Å². The van der Waals surface area contributed by atoms with E-state index in [0.717, 1.165) is 28.5 Å². The summed E-state index contributed by atoms with van der Waals surface area (Å²) in [7, 11) is 0. The van der Waals surface area contributed by atoms with Crippen LogP contribution in [0.15, 0.2) is 60.9 Å². The maximum absolute atomic E-state index is 13.4. The number of hydrogen-bond donors (Lipinski definition) is 2. The van der Waals surface area contributed by atoms with Crippen LogP contribution in [0.25, 0.3) is 22.0 Å². The number of aromatic amines is 1. The van der Waals surface area contributed by atoms with E-state index in [4.69, 9.17) is 10.5 Å². The highest BCUT2D eigenvalue weighted by Crippen LogP contribution is 2.27. The lowest BCUT2D eigenvalue weighted by atomic mass is 10.0. The van der Waals surface area contributed by atoms with Crippen LogP contribution in [0, 0.1) is 23.6 Å². The summed E-state index contributed by atoms with van der Waals surface area (Å²) in [6.45, 7) is 4.74. The van der Waals surface area contributed by atoms with Gasteiger partial charge in [0, 0.05) is 28.8 Å². The minimum atomic E-state index is -0.312. The van der Waals surface area contributed by atoms with Gasteiger partial charge >= 0.3 is 0 Å². The first kappa shape index (κ1) is 21.5. The first-order valence-electron chi connectivity index (χ1n) is 10.6. The molecule has 0 aliphatic heterocycles. The number of halogens is 1. The molecule has 0 saturated carbocycles. The number of nitrogens with one attached hydrogen (secondary N) is 1. The number of benzene rings is 2. The summed E-state index contributed by atoms with van der Waals surface area (Å²) in [5, 5.41) is 8.17. The molecule has 0 unspecified atom stereocenters. The Morgan fingerprint density at radius 1 is 1.06 bits per heavy atom. The smallest absolute Gasteiger partial charge is 0.138 e. The molecule has 162 valence electrons. The molecule has 6 heteroatoms. The summed E-state index contributed by atoms with van der Waals surface area (Å²) in [5.74, 6) is 6.94. The summed E-state index contributed by atoms with van der Waals surface area (Å²) in [5.41, 5.74) is 10.1. The van der Waals surface area contributed by atoms with E-state index < -0.39 is 0 Å². The predicted octanol–water partition coefficient (Wildman–Crippen LogP) is 4.92. The Morgan fingerprint density at radius 3 is 2.75 bits per heavy atom. The van der Waals surface area contributed by atoms with Gasteiger partial charge in [0.2, 0.25) is 0 Å². The van der Waals surface area contributed by atoms with E-state index in [2.05, 4.69) is 40.9 Å². The second kappa shape index (κ2) is 9.63. The van der Waals surface area contributed by atoms with E-state index in [1.165, 1.54) is 12.1 Å². The van der Waals surface area contributed by atoms with Gasteiger partial charge in [-0.25, -0.2) is 4.39 Å². The van der Waals surface area contributed by atoms with Gasteiger partial charge in [-0.05, 0) is 60.2 Å². The van der Waals surface area contributed by atoms with Crippen molar-refractivity contribution < 1.29 is 9.13 Å². The van der Waals surface area contributed by atoms with Gasteiger partial charge in [0.15, 0.2) is 0 Å². The molecule has 3 N–H and O–H groups in total. The molecule has 0 spiro atoms. The van der Waals surface area contributed by atoms with Crippen LogP contribution in [0.3, 0.4) is 0 Å². The van der Waals surface area contributed by atoms with Crippen molar-refractivity contribution in [3.05, 3.63) is 78.0 Å². The molecule has 0 aliphatic rings. The minimum Gasteiger partial charge on any atom is -0.490 e. The van der Waals surface area contributed by atoms with Crippen molar-refractivity contribution in [2.24, 2.45) is 11.7 Å². The molecule has 2 heterocycles. The second-order valence-electron chi connectivity index (χ2n) is 8.20. The van der Waals surface area contributed by atoms with Crippen LogP contribution in [0.5, 0.6) is 5.75 Å².